The normalized spacial score (nSPS) is 30.4. The minimum atomic E-state index is -0.905. The van der Waals surface area contributed by atoms with E-state index in [1.165, 1.54) is 30.6 Å². The van der Waals surface area contributed by atoms with Gasteiger partial charge in [-0.3, -0.25) is 14.7 Å². The van der Waals surface area contributed by atoms with E-state index in [1.54, 1.807) is 12.3 Å². The molecule has 2 N–H and O–H groups in total. The number of piperidine rings is 1. The number of nitrogens with zero attached hydrogens (tertiary/aromatic N) is 3. The molecule has 5 atom stereocenters. The molecule has 12 heteroatoms. The lowest BCUT2D eigenvalue weighted by Crippen LogP contribution is -2.80. The van der Waals surface area contributed by atoms with Crippen molar-refractivity contribution in [3.05, 3.63) is 62.5 Å². The Hall–Kier alpha value is -2.86. The number of nitrogens with one attached hydrogen (secondary N) is 1. The molecule has 6 rings (SSSR count). The molecule has 37 heavy (non-hydrogen) atoms. The summed E-state index contributed by atoms with van der Waals surface area (Å²) in [6.45, 7) is 1.40. The summed E-state index contributed by atoms with van der Waals surface area (Å²) in [7, 11) is 1.29. The molecule has 1 aromatic heterocycles. The van der Waals surface area contributed by atoms with E-state index in [-0.39, 0.29) is 40.4 Å². The Morgan fingerprint density at radius 2 is 2.24 bits per heavy atom. The molecule has 2 aromatic rings. The summed E-state index contributed by atoms with van der Waals surface area (Å²) in [5, 5.41) is 15.0. The van der Waals surface area contributed by atoms with Crippen LogP contribution >= 0.6 is 22.9 Å². The van der Waals surface area contributed by atoms with E-state index in [4.69, 9.17) is 26.1 Å². The van der Waals surface area contributed by atoms with Gasteiger partial charge in [-0.2, -0.15) is 0 Å². The van der Waals surface area contributed by atoms with Crippen molar-refractivity contribution in [2.45, 2.75) is 31.0 Å². The topological polar surface area (TPSA) is 113 Å². The lowest BCUT2D eigenvalue weighted by atomic mass is 9.46. The molecule has 1 aromatic carbocycles. The van der Waals surface area contributed by atoms with Gasteiger partial charge in [0.1, 0.15) is 11.9 Å². The fraction of sp³-hybridized carbons (Fsp3) is 0.440. The standard InChI is InChI=1S/C25H24ClFN4O5S/c1-35-24(34)19-15(9-31-16-7-12(8-18(32)33)25(16)11-36-10-17(25)31)29-22(23-28-5-6-37-23)30-21(19)13-3-2-4-14(27)20(13)26/h2-6,12,16-17,21H,7-11H2,1H3,(H,29,30)(H,32,33)/t12-,16-,17-,21+,25?/m1/s1. The van der Waals surface area contributed by atoms with Crippen LogP contribution in [0, 0.1) is 17.2 Å². The summed E-state index contributed by atoms with van der Waals surface area (Å²) >= 11 is 7.74. The number of carbonyl (C=O) groups excluding carboxylic acids is 1. The molecule has 3 aliphatic heterocycles. The van der Waals surface area contributed by atoms with E-state index in [9.17, 15) is 19.1 Å². The van der Waals surface area contributed by atoms with Gasteiger partial charge in [0, 0.05) is 53.3 Å². The van der Waals surface area contributed by atoms with Crippen molar-refractivity contribution in [1.29, 1.82) is 0 Å². The number of aromatic nitrogens is 1. The van der Waals surface area contributed by atoms with Gasteiger partial charge in [-0.25, -0.2) is 14.2 Å². The molecule has 0 radical (unpaired) electrons. The van der Waals surface area contributed by atoms with E-state index >= 15 is 0 Å². The van der Waals surface area contributed by atoms with Crippen LogP contribution < -0.4 is 5.32 Å². The van der Waals surface area contributed by atoms with Crippen LogP contribution in [0.25, 0.3) is 0 Å². The monoisotopic (exact) mass is 546 g/mol. The Morgan fingerprint density at radius 1 is 1.41 bits per heavy atom. The highest BCUT2D eigenvalue weighted by molar-refractivity contribution is 7.11. The number of aliphatic carboxylic acids is 1. The maximum atomic E-state index is 14.5. The average Bonchev–Trinajstić information content (AvgIpc) is 3.56. The summed E-state index contributed by atoms with van der Waals surface area (Å²) in [4.78, 5) is 35.9. The number of rotatable bonds is 7. The molecule has 0 bridgehead atoms. The number of likely N-dealkylation sites (tertiary alicyclic amines) is 1. The number of thiazole rings is 1. The van der Waals surface area contributed by atoms with Crippen LogP contribution in [0.4, 0.5) is 4.39 Å². The van der Waals surface area contributed by atoms with Crippen LogP contribution in [0.2, 0.25) is 5.02 Å². The van der Waals surface area contributed by atoms with Crippen LogP contribution in [0.5, 0.6) is 0 Å². The number of carboxylic acid groups (broad SMARTS) is 1. The molecule has 0 amide bonds. The highest BCUT2D eigenvalue weighted by Gasteiger charge is 2.73. The van der Waals surface area contributed by atoms with Gasteiger partial charge in [-0.05, 0) is 18.4 Å². The number of amidine groups is 1. The van der Waals surface area contributed by atoms with Gasteiger partial charge in [-0.1, -0.05) is 23.7 Å². The van der Waals surface area contributed by atoms with Crippen LogP contribution in [-0.4, -0.2) is 71.7 Å². The first-order valence-corrected chi connectivity index (χ1v) is 13.2. The molecule has 4 aliphatic rings. The average molecular weight is 547 g/mol. The Labute approximate surface area is 220 Å². The number of carboxylic acids is 1. The van der Waals surface area contributed by atoms with Crippen molar-refractivity contribution in [1.82, 2.24) is 15.2 Å². The summed E-state index contributed by atoms with van der Waals surface area (Å²) in [6.07, 6.45) is 2.53. The third-order valence-corrected chi connectivity index (χ3v) is 9.32. The van der Waals surface area contributed by atoms with Gasteiger partial charge in [-0.15, -0.1) is 11.3 Å². The summed E-state index contributed by atoms with van der Waals surface area (Å²) < 4.78 is 25.4. The van der Waals surface area contributed by atoms with Crippen LogP contribution in [0.1, 0.15) is 29.5 Å². The largest absolute Gasteiger partial charge is 0.481 e. The number of benzene rings is 1. The minimum absolute atomic E-state index is 0.0437. The number of aliphatic imine (C=N–C) groups is 1. The van der Waals surface area contributed by atoms with Crippen LogP contribution in [0.15, 0.2) is 46.0 Å². The molecule has 1 unspecified atom stereocenters. The highest BCUT2D eigenvalue weighted by atomic mass is 35.5. The summed E-state index contributed by atoms with van der Waals surface area (Å²) in [5.41, 5.74) is 0.992. The van der Waals surface area contributed by atoms with E-state index in [1.807, 2.05) is 5.38 Å². The Morgan fingerprint density at radius 3 is 2.97 bits per heavy atom. The number of halogens is 2. The first-order chi connectivity index (χ1) is 17.8. The Balaban J connectivity index is 1.39. The van der Waals surface area contributed by atoms with Crippen molar-refractivity contribution in [2.24, 2.45) is 16.3 Å². The van der Waals surface area contributed by atoms with E-state index in [2.05, 4.69) is 15.2 Å². The van der Waals surface area contributed by atoms with Crippen molar-refractivity contribution >= 4 is 40.7 Å². The third-order valence-electron chi connectivity index (χ3n) is 8.14. The summed E-state index contributed by atoms with van der Waals surface area (Å²) in [5.74, 6) is -1.48. The van der Waals surface area contributed by atoms with Gasteiger partial charge in [0.25, 0.3) is 0 Å². The summed E-state index contributed by atoms with van der Waals surface area (Å²) in [6, 6.07) is 3.72. The van der Waals surface area contributed by atoms with Crippen molar-refractivity contribution in [2.75, 3.05) is 26.9 Å². The quantitative estimate of drug-likeness (QED) is 0.510. The lowest BCUT2D eigenvalue weighted by molar-refractivity contribution is -0.222. The first-order valence-electron chi connectivity index (χ1n) is 11.9. The lowest BCUT2D eigenvalue weighted by Gasteiger charge is -2.71. The Bertz CT molecular complexity index is 1330. The van der Waals surface area contributed by atoms with E-state index < -0.39 is 23.8 Å². The zero-order valence-corrected chi connectivity index (χ0v) is 21.4. The van der Waals surface area contributed by atoms with Crippen molar-refractivity contribution in [3.8, 4) is 0 Å². The van der Waals surface area contributed by atoms with Crippen LogP contribution in [0.3, 0.4) is 0 Å². The molecular formula is C25H24ClFN4O5S. The predicted molar refractivity (Wildman–Crippen MR) is 133 cm³/mol. The van der Waals surface area contributed by atoms with E-state index in [0.29, 0.717) is 41.9 Å². The first kappa shape index (κ1) is 24.5. The fourth-order valence-corrected chi connectivity index (χ4v) is 7.29. The highest BCUT2D eigenvalue weighted by Crippen LogP contribution is 2.65. The number of ether oxygens (including phenoxy) is 2. The number of carbonyl (C=O) groups is 2. The Kier molecular flexibility index (Phi) is 6.06. The van der Waals surface area contributed by atoms with Crippen LogP contribution in [-0.2, 0) is 19.1 Å². The maximum absolute atomic E-state index is 14.5. The second kappa shape index (κ2) is 9.16. The predicted octanol–water partition coefficient (Wildman–Crippen LogP) is 3.02. The molecule has 1 aliphatic carbocycles. The molecule has 9 nitrogen and oxygen atoms in total. The van der Waals surface area contributed by atoms with Gasteiger partial charge in [0.15, 0.2) is 10.8 Å². The SMILES string of the molecule is COC(=O)C1=C(CN2[C@@H]3COCC34[C@@H](CC(=O)O)C[C@@H]24)NC(c2nccs2)=N[C@H]1c1cccc(F)c1Cl. The number of hydrogen-bond acceptors (Lipinski definition) is 9. The molecule has 1 spiro atoms. The molecule has 1 saturated carbocycles. The molecule has 194 valence electrons. The zero-order chi connectivity index (χ0) is 25.9. The number of esters is 1. The molecular weight excluding hydrogens is 523 g/mol. The second-order valence-electron chi connectivity index (χ2n) is 9.73. The smallest absolute Gasteiger partial charge is 0.338 e. The molecule has 4 heterocycles. The van der Waals surface area contributed by atoms with Crippen molar-refractivity contribution < 1.29 is 28.6 Å². The third kappa shape index (κ3) is 3.70. The van der Waals surface area contributed by atoms with E-state index in [0.717, 1.165) is 6.42 Å². The molecule has 3 fully saturated rings. The number of methoxy groups -OCH3 is 1. The van der Waals surface area contributed by atoms with Crippen molar-refractivity contribution in [3.63, 3.8) is 0 Å². The minimum Gasteiger partial charge on any atom is -0.481 e. The second-order valence-corrected chi connectivity index (χ2v) is 11.0. The van der Waals surface area contributed by atoms with Gasteiger partial charge >= 0.3 is 11.9 Å². The van der Waals surface area contributed by atoms with Gasteiger partial charge in [0.05, 0.1) is 30.9 Å². The molecule has 2 saturated heterocycles. The van der Waals surface area contributed by atoms with Gasteiger partial charge in [0.2, 0.25) is 0 Å². The van der Waals surface area contributed by atoms with Gasteiger partial charge < -0.3 is 19.9 Å². The number of hydrogen-bond donors (Lipinski definition) is 2. The zero-order valence-electron chi connectivity index (χ0n) is 19.8. The fourth-order valence-electron chi connectivity index (χ4n) is 6.47. The maximum Gasteiger partial charge on any atom is 0.338 e.